The van der Waals surface area contributed by atoms with Crippen LogP contribution in [0.3, 0.4) is 0 Å². The monoisotopic (exact) mass is 505 g/mol. The number of carbonyl (C=O) groups excluding carboxylic acids is 1. The number of carbonyl (C=O) groups is 2. The number of pyridine rings is 1. The zero-order chi connectivity index (χ0) is 26.9. The summed E-state index contributed by atoms with van der Waals surface area (Å²) in [6.45, 7) is 3.24. The van der Waals surface area contributed by atoms with Gasteiger partial charge in [-0.15, -0.1) is 0 Å². The van der Waals surface area contributed by atoms with Gasteiger partial charge in [-0.1, -0.05) is 5.92 Å². The number of likely N-dealkylation sites (N-methyl/N-ethyl adjacent to an activating group) is 1. The first-order chi connectivity index (χ1) is 17.5. The number of aryl methyl sites for hydroxylation is 2. The summed E-state index contributed by atoms with van der Waals surface area (Å²) in [7, 11) is 3.02. The van der Waals surface area contributed by atoms with Crippen molar-refractivity contribution in [3.8, 4) is 23.1 Å². The summed E-state index contributed by atoms with van der Waals surface area (Å²) in [4.78, 5) is 37.8. The maximum Gasteiger partial charge on any atom is 0.407 e. The van der Waals surface area contributed by atoms with Gasteiger partial charge in [0.2, 0.25) is 5.91 Å². The SMILES string of the molecule is Cc1nn(C)c2c(-c3cc(C#Cc4cc(F)cc(F)c4)nc(NC(=O)C(C)N(C)C(=O)O)c3)ncnc12. The summed E-state index contributed by atoms with van der Waals surface area (Å²) in [6, 6.07) is 5.05. The topological polar surface area (TPSA) is 126 Å². The molecular weight excluding hydrogens is 484 g/mol. The molecule has 4 rings (SSSR count). The molecular formula is C25H21F2N7O3. The van der Waals surface area contributed by atoms with Crippen LogP contribution in [0.4, 0.5) is 19.4 Å². The molecule has 0 radical (unpaired) electrons. The van der Waals surface area contributed by atoms with Crippen molar-refractivity contribution < 1.29 is 23.5 Å². The van der Waals surface area contributed by atoms with Crippen molar-refractivity contribution in [1.29, 1.82) is 0 Å². The van der Waals surface area contributed by atoms with Gasteiger partial charge in [-0.05, 0) is 44.0 Å². The van der Waals surface area contributed by atoms with Gasteiger partial charge in [0.05, 0.1) is 11.4 Å². The van der Waals surface area contributed by atoms with Crippen molar-refractivity contribution in [3.63, 3.8) is 0 Å². The van der Waals surface area contributed by atoms with Gasteiger partial charge >= 0.3 is 6.09 Å². The molecule has 0 aliphatic carbocycles. The third-order valence-electron chi connectivity index (χ3n) is 5.60. The smallest absolute Gasteiger partial charge is 0.407 e. The van der Waals surface area contributed by atoms with Gasteiger partial charge in [0.25, 0.3) is 0 Å². The van der Waals surface area contributed by atoms with Gasteiger partial charge in [0, 0.05) is 31.3 Å². The Kier molecular flexibility index (Phi) is 6.79. The molecule has 0 aliphatic heterocycles. The second-order valence-electron chi connectivity index (χ2n) is 8.22. The zero-order valence-electron chi connectivity index (χ0n) is 20.2. The molecule has 1 unspecified atom stereocenters. The van der Waals surface area contributed by atoms with Crippen molar-refractivity contribution >= 4 is 28.9 Å². The lowest BCUT2D eigenvalue weighted by atomic mass is 10.1. The lowest BCUT2D eigenvalue weighted by molar-refractivity contribution is -0.119. The van der Waals surface area contributed by atoms with Gasteiger partial charge in [-0.2, -0.15) is 5.10 Å². The average Bonchev–Trinajstić information content (AvgIpc) is 3.14. The molecule has 3 aromatic heterocycles. The molecule has 12 heteroatoms. The number of fused-ring (bicyclic) bond motifs is 1. The number of halogens is 2. The van der Waals surface area contributed by atoms with Crippen LogP contribution >= 0.6 is 0 Å². The fraction of sp³-hybridized carbons (Fsp3) is 0.200. The highest BCUT2D eigenvalue weighted by molar-refractivity contribution is 5.97. The Morgan fingerprint density at radius 3 is 2.49 bits per heavy atom. The van der Waals surface area contributed by atoms with E-state index in [0.717, 1.165) is 23.1 Å². The first kappa shape index (κ1) is 25.2. The summed E-state index contributed by atoms with van der Waals surface area (Å²) in [5.41, 5.74) is 3.22. The predicted octanol–water partition coefficient (Wildman–Crippen LogP) is 3.35. The highest BCUT2D eigenvalue weighted by atomic mass is 19.1. The van der Waals surface area contributed by atoms with Crippen LogP contribution in [0.5, 0.6) is 0 Å². The Morgan fingerprint density at radius 1 is 1.11 bits per heavy atom. The summed E-state index contributed by atoms with van der Waals surface area (Å²) >= 11 is 0. The third kappa shape index (κ3) is 5.35. The number of hydrogen-bond acceptors (Lipinski definition) is 6. The second kappa shape index (κ2) is 9.98. The lowest BCUT2D eigenvalue weighted by Crippen LogP contribution is -2.42. The molecule has 2 N–H and O–H groups in total. The molecule has 3 heterocycles. The van der Waals surface area contributed by atoms with E-state index in [1.54, 1.807) is 23.9 Å². The Labute approximate surface area is 210 Å². The van der Waals surface area contributed by atoms with Crippen LogP contribution in [0.15, 0.2) is 36.7 Å². The average molecular weight is 505 g/mol. The molecule has 1 atom stereocenters. The number of hydrogen-bond donors (Lipinski definition) is 2. The quantitative estimate of drug-likeness (QED) is 0.408. The van der Waals surface area contributed by atoms with E-state index < -0.39 is 29.7 Å². The normalized spacial score (nSPS) is 11.5. The van der Waals surface area contributed by atoms with Crippen molar-refractivity contribution in [2.75, 3.05) is 12.4 Å². The standard InChI is InChI=1S/C25H21F2N7O3/c1-13-21-23(34(4)32-13)22(29-12-28-21)16-9-19(6-5-15-7-17(26)11-18(27)8-15)30-20(10-16)31-24(35)14(2)33(3)25(36)37/h7-12,14H,1-4H3,(H,36,37)(H,30,31,35). The molecule has 2 amide bonds. The van der Waals surface area contributed by atoms with Gasteiger partial charge in [0.1, 0.15) is 46.5 Å². The van der Waals surface area contributed by atoms with Gasteiger partial charge < -0.3 is 10.4 Å². The molecule has 0 spiro atoms. The molecule has 0 aliphatic rings. The van der Waals surface area contributed by atoms with E-state index in [-0.39, 0.29) is 17.1 Å². The molecule has 0 fully saturated rings. The van der Waals surface area contributed by atoms with Crippen LogP contribution in [0.2, 0.25) is 0 Å². The predicted molar refractivity (Wildman–Crippen MR) is 130 cm³/mol. The van der Waals surface area contributed by atoms with Crippen LogP contribution in [0, 0.1) is 30.4 Å². The van der Waals surface area contributed by atoms with Crippen molar-refractivity contribution in [1.82, 2.24) is 29.6 Å². The number of benzene rings is 1. The zero-order valence-corrected chi connectivity index (χ0v) is 20.2. The highest BCUT2D eigenvalue weighted by Crippen LogP contribution is 2.28. The Balaban J connectivity index is 1.82. The van der Waals surface area contributed by atoms with Crippen molar-refractivity contribution in [2.45, 2.75) is 19.9 Å². The maximum absolute atomic E-state index is 13.6. The molecule has 188 valence electrons. The fourth-order valence-electron chi connectivity index (χ4n) is 3.61. The van der Waals surface area contributed by atoms with Crippen LogP contribution < -0.4 is 5.32 Å². The van der Waals surface area contributed by atoms with E-state index in [0.29, 0.717) is 28.0 Å². The summed E-state index contributed by atoms with van der Waals surface area (Å²) < 4.78 is 28.8. The summed E-state index contributed by atoms with van der Waals surface area (Å²) in [5.74, 6) is 3.34. The van der Waals surface area contributed by atoms with E-state index in [1.807, 2.05) is 6.92 Å². The minimum atomic E-state index is -1.27. The number of anilines is 1. The highest BCUT2D eigenvalue weighted by Gasteiger charge is 2.23. The lowest BCUT2D eigenvalue weighted by Gasteiger charge is -2.20. The van der Waals surface area contributed by atoms with E-state index in [1.165, 1.54) is 20.3 Å². The first-order valence-electron chi connectivity index (χ1n) is 10.9. The number of aromatic nitrogens is 5. The van der Waals surface area contributed by atoms with Gasteiger partial charge in [0.15, 0.2) is 0 Å². The molecule has 10 nitrogen and oxygen atoms in total. The number of carboxylic acid groups (broad SMARTS) is 1. The first-order valence-corrected chi connectivity index (χ1v) is 10.9. The summed E-state index contributed by atoms with van der Waals surface area (Å²) in [5, 5.41) is 16.2. The molecule has 37 heavy (non-hydrogen) atoms. The molecule has 0 saturated carbocycles. The third-order valence-corrected chi connectivity index (χ3v) is 5.60. The molecule has 0 bridgehead atoms. The van der Waals surface area contributed by atoms with Gasteiger partial charge in [-0.3, -0.25) is 14.4 Å². The Bertz CT molecular complexity index is 1590. The van der Waals surface area contributed by atoms with E-state index in [2.05, 4.69) is 37.2 Å². The fourth-order valence-corrected chi connectivity index (χ4v) is 3.61. The number of nitrogens with zero attached hydrogens (tertiary/aromatic N) is 6. The van der Waals surface area contributed by atoms with Crippen LogP contribution in [-0.2, 0) is 11.8 Å². The summed E-state index contributed by atoms with van der Waals surface area (Å²) in [6.07, 6.45) is 0.115. The maximum atomic E-state index is 13.6. The minimum Gasteiger partial charge on any atom is -0.465 e. The molecule has 1 aromatic carbocycles. The number of rotatable bonds is 4. The molecule has 0 saturated heterocycles. The number of nitrogens with one attached hydrogen (secondary N) is 1. The minimum absolute atomic E-state index is 0.0773. The van der Waals surface area contributed by atoms with E-state index in [4.69, 9.17) is 0 Å². The van der Waals surface area contributed by atoms with Crippen LogP contribution in [-0.4, -0.2) is 59.8 Å². The second-order valence-corrected chi connectivity index (χ2v) is 8.22. The van der Waals surface area contributed by atoms with Crippen molar-refractivity contribution in [2.24, 2.45) is 7.05 Å². The van der Waals surface area contributed by atoms with E-state index >= 15 is 0 Å². The van der Waals surface area contributed by atoms with E-state index in [9.17, 15) is 23.5 Å². The van der Waals surface area contributed by atoms with Crippen molar-refractivity contribution in [3.05, 3.63) is 65.2 Å². The van der Waals surface area contributed by atoms with Crippen LogP contribution in [0.1, 0.15) is 23.9 Å². The number of amides is 2. The largest absolute Gasteiger partial charge is 0.465 e. The van der Waals surface area contributed by atoms with Crippen LogP contribution in [0.25, 0.3) is 22.3 Å². The molecule has 4 aromatic rings. The Hall–Kier alpha value is -4.92. The van der Waals surface area contributed by atoms with Gasteiger partial charge in [-0.25, -0.2) is 28.5 Å². The Morgan fingerprint density at radius 2 is 1.81 bits per heavy atom.